The van der Waals surface area contributed by atoms with Crippen LogP contribution in [0, 0.1) is 0 Å². The van der Waals surface area contributed by atoms with Crippen LogP contribution in [0.3, 0.4) is 0 Å². The van der Waals surface area contributed by atoms with E-state index in [2.05, 4.69) is 0 Å². The lowest BCUT2D eigenvalue weighted by Crippen LogP contribution is -2.14. The van der Waals surface area contributed by atoms with Crippen LogP contribution in [0.15, 0.2) is 60.7 Å². The van der Waals surface area contributed by atoms with Crippen molar-refractivity contribution < 1.29 is 18.9 Å². The zero-order chi connectivity index (χ0) is 16.6. The Balaban J connectivity index is 0.000000295. The highest BCUT2D eigenvalue weighted by Crippen LogP contribution is 2.38. The Morgan fingerprint density at radius 3 is 1.27 bits per heavy atom. The minimum atomic E-state index is -3.40. The lowest BCUT2D eigenvalue weighted by Gasteiger charge is -2.11. The van der Waals surface area contributed by atoms with Gasteiger partial charge in [-0.1, -0.05) is 50.2 Å². The van der Waals surface area contributed by atoms with E-state index < -0.39 is 14.7 Å². The first-order valence-electron chi connectivity index (χ1n) is 7.08. The molecule has 0 radical (unpaired) electrons. The molecule has 2 rings (SSSR count). The van der Waals surface area contributed by atoms with Gasteiger partial charge in [-0.15, -0.1) is 0 Å². The summed E-state index contributed by atoms with van der Waals surface area (Å²) in [7, 11) is -6.05. The maximum absolute atomic E-state index is 12.2. The lowest BCUT2D eigenvalue weighted by molar-refractivity contribution is 0.481. The average molecular weight is 340 g/mol. The largest absolute Gasteiger partial charge is 0.344 e. The second kappa shape index (κ2) is 8.45. The van der Waals surface area contributed by atoms with Crippen LogP contribution < -0.4 is 10.6 Å². The van der Waals surface area contributed by atoms with E-state index in [1.165, 1.54) is 0 Å². The molecule has 0 aliphatic rings. The van der Waals surface area contributed by atoms with E-state index in [0.717, 1.165) is 0 Å². The molecule has 0 saturated heterocycles. The van der Waals surface area contributed by atoms with Crippen molar-refractivity contribution in [3.8, 4) is 0 Å². The Morgan fingerprint density at radius 1 is 0.727 bits per heavy atom. The third kappa shape index (κ3) is 5.55. The monoisotopic (exact) mass is 340 g/mol. The van der Waals surface area contributed by atoms with Crippen molar-refractivity contribution in [3.05, 3.63) is 60.7 Å². The Hall–Kier alpha value is -1.18. The molecule has 120 valence electrons. The fraction of sp³-hybridized carbons (Fsp3) is 0.250. The highest BCUT2D eigenvalue weighted by Gasteiger charge is 2.22. The molecule has 2 aromatic rings. The summed E-state index contributed by atoms with van der Waals surface area (Å²) in [5, 5.41) is 0.937. The van der Waals surface area contributed by atoms with E-state index in [-0.39, 0.29) is 0 Å². The molecule has 6 heteroatoms. The van der Waals surface area contributed by atoms with Crippen LogP contribution in [-0.2, 0) is 9.13 Å². The van der Waals surface area contributed by atoms with Gasteiger partial charge in [0.1, 0.15) is 0 Å². The summed E-state index contributed by atoms with van der Waals surface area (Å²) < 4.78 is 22.7. The summed E-state index contributed by atoms with van der Waals surface area (Å²) in [6.45, 7) is 3.45. The van der Waals surface area contributed by atoms with Gasteiger partial charge in [0.15, 0.2) is 7.37 Å². The van der Waals surface area contributed by atoms with Gasteiger partial charge in [0.2, 0.25) is 0 Å². The SMILES string of the molecule is CCP(=O)(O)CC.O=P(O)(c1ccccc1)c1ccccc1. The van der Waals surface area contributed by atoms with Gasteiger partial charge in [-0.2, -0.15) is 0 Å². The van der Waals surface area contributed by atoms with E-state index in [1.807, 2.05) is 12.1 Å². The van der Waals surface area contributed by atoms with Crippen molar-refractivity contribution >= 4 is 25.3 Å². The molecule has 2 N–H and O–H groups in total. The molecule has 0 aliphatic carbocycles. The van der Waals surface area contributed by atoms with Crippen molar-refractivity contribution in [1.29, 1.82) is 0 Å². The summed E-state index contributed by atoms with van der Waals surface area (Å²) in [5.74, 6) is 0. The van der Waals surface area contributed by atoms with E-state index in [0.29, 0.717) is 22.9 Å². The molecule has 0 atom stereocenters. The Morgan fingerprint density at radius 2 is 1.05 bits per heavy atom. The summed E-state index contributed by atoms with van der Waals surface area (Å²) in [4.78, 5) is 18.7. The second-order valence-electron chi connectivity index (χ2n) is 4.73. The zero-order valence-electron chi connectivity index (χ0n) is 12.8. The van der Waals surface area contributed by atoms with Crippen molar-refractivity contribution in [2.24, 2.45) is 0 Å². The summed E-state index contributed by atoms with van der Waals surface area (Å²) in [6.07, 6.45) is 0.812. The summed E-state index contributed by atoms with van der Waals surface area (Å²) in [6, 6.07) is 17.4. The second-order valence-corrected chi connectivity index (χ2v) is 9.87. The fourth-order valence-electron chi connectivity index (χ4n) is 1.63. The Labute approximate surface area is 131 Å². The Bertz CT molecular complexity index is 605. The first-order chi connectivity index (χ1) is 10.3. The van der Waals surface area contributed by atoms with Crippen LogP contribution in [0.25, 0.3) is 0 Å². The minimum Gasteiger partial charge on any atom is -0.344 e. The molecule has 2 aromatic carbocycles. The summed E-state index contributed by atoms with van der Waals surface area (Å²) >= 11 is 0. The number of rotatable bonds is 4. The predicted octanol–water partition coefficient (Wildman–Crippen LogP) is 3.20. The standard InChI is InChI=1S/C12H11O2P.C4H11O2P/c13-15(14,11-7-3-1-4-8-11)12-9-5-2-6-10-12;1-3-7(5,6)4-2/h1-10H,(H,13,14);3-4H2,1-2H3,(H,5,6). The van der Waals surface area contributed by atoms with Crippen LogP contribution >= 0.6 is 14.7 Å². The van der Waals surface area contributed by atoms with Crippen LogP contribution in [0.2, 0.25) is 0 Å². The van der Waals surface area contributed by atoms with Gasteiger partial charge in [-0.25, -0.2) is 0 Å². The molecule has 0 aromatic heterocycles. The van der Waals surface area contributed by atoms with Crippen LogP contribution in [0.5, 0.6) is 0 Å². The molecule has 0 unspecified atom stereocenters. The molecule has 4 nitrogen and oxygen atoms in total. The van der Waals surface area contributed by atoms with Crippen molar-refractivity contribution in [3.63, 3.8) is 0 Å². The van der Waals surface area contributed by atoms with Crippen molar-refractivity contribution in [2.75, 3.05) is 12.3 Å². The number of hydrogen-bond donors (Lipinski definition) is 2. The molecule has 0 fully saturated rings. The Kier molecular flexibility index (Phi) is 7.25. The van der Waals surface area contributed by atoms with Gasteiger partial charge < -0.3 is 9.79 Å². The van der Waals surface area contributed by atoms with E-state index >= 15 is 0 Å². The van der Waals surface area contributed by atoms with E-state index in [9.17, 15) is 14.0 Å². The molecule has 0 heterocycles. The average Bonchev–Trinajstić information content (AvgIpc) is 2.57. The highest BCUT2D eigenvalue weighted by molar-refractivity contribution is 7.73. The lowest BCUT2D eigenvalue weighted by atomic mass is 10.4. The molecule has 0 aliphatic heterocycles. The molecular weight excluding hydrogens is 318 g/mol. The first-order valence-corrected chi connectivity index (χ1v) is 10.8. The van der Waals surface area contributed by atoms with Crippen LogP contribution in [-0.4, -0.2) is 22.1 Å². The van der Waals surface area contributed by atoms with Gasteiger partial charge in [-0.05, 0) is 24.3 Å². The molecule has 0 spiro atoms. The molecular formula is C16H22O4P2. The number of benzene rings is 2. The smallest absolute Gasteiger partial charge is 0.258 e. The van der Waals surface area contributed by atoms with Crippen molar-refractivity contribution in [1.82, 2.24) is 0 Å². The maximum atomic E-state index is 12.2. The minimum absolute atomic E-state index is 0.406. The zero-order valence-corrected chi connectivity index (χ0v) is 14.6. The van der Waals surface area contributed by atoms with Crippen LogP contribution in [0.1, 0.15) is 13.8 Å². The third-order valence-corrected chi connectivity index (χ3v) is 7.17. The van der Waals surface area contributed by atoms with Crippen LogP contribution in [0.4, 0.5) is 0 Å². The molecule has 22 heavy (non-hydrogen) atoms. The molecule has 0 amide bonds. The van der Waals surface area contributed by atoms with Gasteiger partial charge in [-0.3, -0.25) is 9.13 Å². The third-order valence-electron chi connectivity index (χ3n) is 3.20. The number of hydrogen-bond acceptors (Lipinski definition) is 2. The predicted molar refractivity (Wildman–Crippen MR) is 92.9 cm³/mol. The van der Waals surface area contributed by atoms with Gasteiger partial charge in [0, 0.05) is 22.9 Å². The quantitative estimate of drug-likeness (QED) is 0.838. The first kappa shape index (κ1) is 18.9. The van der Waals surface area contributed by atoms with Gasteiger partial charge in [0.25, 0.3) is 7.37 Å². The highest BCUT2D eigenvalue weighted by atomic mass is 31.2. The van der Waals surface area contributed by atoms with E-state index in [1.54, 1.807) is 62.4 Å². The van der Waals surface area contributed by atoms with Crippen molar-refractivity contribution in [2.45, 2.75) is 13.8 Å². The molecule has 0 bridgehead atoms. The van der Waals surface area contributed by atoms with Gasteiger partial charge in [0.05, 0.1) is 0 Å². The maximum Gasteiger partial charge on any atom is 0.258 e. The summed E-state index contributed by atoms with van der Waals surface area (Å²) in [5.41, 5.74) is 0. The van der Waals surface area contributed by atoms with E-state index in [4.69, 9.17) is 4.89 Å². The van der Waals surface area contributed by atoms with Gasteiger partial charge >= 0.3 is 0 Å². The fourth-order valence-corrected chi connectivity index (χ4v) is 3.53. The molecule has 0 saturated carbocycles. The topological polar surface area (TPSA) is 74.6 Å². The normalized spacial score (nSPS) is 11.5.